The highest BCUT2D eigenvalue weighted by Crippen LogP contribution is 2.06. The quantitative estimate of drug-likeness (QED) is 0.666. The fourth-order valence-electron chi connectivity index (χ4n) is 0.918. The maximum Gasteiger partial charge on any atom is 0.0436 e. The first-order valence-corrected chi connectivity index (χ1v) is 3.69. The Balaban J connectivity index is 2.74. The molecule has 0 aromatic carbocycles. The van der Waals surface area contributed by atoms with Crippen molar-refractivity contribution in [3.63, 3.8) is 0 Å². The molecule has 1 heterocycles. The number of hydrogen-bond acceptors (Lipinski definition) is 3. The SMILES string of the molecule is CNc1ccnc(CCN)c1. The topological polar surface area (TPSA) is 50.9 Å². The van der Waals surface area contributed by atoms with E-state index >= 15 is 0 Å². The molecule has 0 bridgehead atoms. The highest BCUT2D eigenvalue weighted by molar-refractivity contribution is 5.42. The van der Waals surface area contributed by atoms with Crippen molar-refractivity contribution in [2.24, 2.45) is 5.73 Å². The van der Waals surface area contributed by atoms with E-state index in [9.17, 15) is 0 Å². The molecular weight excluding hydrogens is 138 g/mol. The van der Waals surface area contributed by atoms with Crippen molar-refractivity contribution in [2.45, 2.75) is 6.42 Å². The Bertz CT molecular complexity index is 222. The number of pyridine rings is 1. The van der Waals surface area contributed by atoms with Crippen molar-refractivity contribution in [3.8, 4) is 0 Å². The fourth-order valence-corrected chi connectivity index (χ4v) is 0.918. The molecule has 0 spiro atoms. The minimum Gasteiger partial charge on any atom is -0.388 e. The third kappa shape index (κ3) is 2.20. The van der Waals surface area contributed by atoms with Gasteiger partial charge in [0.2, 0.25) is 0 Å². The maximum atomic E-state index is 5.39. The summed E-state index contributed by atoms with van der Waals surface area (Å²) in [6.45, 7) is 0.653. The molecule has 0 radical (unpaired) electrons. The van der Waals surface area contributed by atoms with Crippen LogP contribution in [0.3, 0.4) is 0 Å². The Morgan fingerprint density at radius 3 is 3.09 bits per heavy atom. The number of anilines is 1. The van der Waals surface area contributed by atoms with Gasteiger partial charge < -0.3 is 11.1 Å². The predicted octanol–water partition coefficient (Wildman–Crippen LogP) is 0.624. The summed E-state index contributed by atoms with van der Waals surface area (Å²) >= 11 is 0. The van der Waals surface area contributed by atoms with Crippen LogP contribution in [-0.4, -0.2) is 18.6 Å². The van der Waals surface area contributed by atoms with Gasteiger partial charge in [-0.05, 0) is 18.7 Å². The van der Waals surface area contributed by atoms with Crippen molar-refractivity contribution >= 4 is 5.69 Å². The Morgan fingerprint density at radius 2 is 2.45 bits per heavy atom. The Labute approximate surface area is 66.6 Å². The van der Waals surface area contributed by atoms with E-state index in [1.165, 1.54) is 0 Å². The maximum absolute atomic E-state index is 5.39. The molecule has 1 aromatic rings. The van der Waals surface area contributed by atoms with Crippen molar-refractivity contribution < 1.29 is 0 Å². The second kappa shape index (κ2) is 3.93. The lowest BCUT2D eigenvalue weighted by Gasteiger charge is -2.01. The van der Waals surface area contributed by atoms with Crippen LogP contribution in [0, 0.1) is 0 Å². The number of nitrogens with one attached hydrogen (secondary N) is 1. The van der Waals surface area contributed by atoms with Crippen LogP contribution >= 0.6 is 0 Å². The summed E-state index contributed by atoms with van der Waals surface area (Å²) in [4.78, 5) is 4.16. The number of rotatable bonds is 3. The van der Waals surface area contributed by atoms with Crippen LogP contribution < -0.4 is 11.1 Å². The van der Waals surface area contributed by atoms with Crippen molar-refractivity contribution in [2.75, 3.05) is 18.9 Å². The van der Waals surface area contributed by atoms with Gasteiger partial charge in [-0.3, -0.25) is 4.98 Å². The Kier molecular flexibility index (Phi) is 2.86. The van der Waals surface area contributed by atoms with Gasteiger partial charge >= 0.3 is 0 Å². The smallest absolute Gasteiger partial charge is 0.0436 e. The molecule has 0 atom stereocenters. The summed E-state index contributed by atoms with van der Waals surface area (Å²) in [5.74, 6) is 0. The summed E-state index contributed by atoms with van der Waals surface area (Å²) < 4.78 is 0. The molecule has 3 N–H and O–H groups in total. The van der Waals surface area contributed by atoms with E-state index in [1.54, 1.807) is 6.20 Å². The lowest BCUT2D eigenvalue weighted by Crippen LogP contribution is -2.04. The normalized spacial score (nSPS) is 9.64. The van der Waals surface area contributed by atoms with Gasteiger partial charge in [0, 0.05) is 31.0 Å². The van der Waals surface area contributed by atoms with Crippen LogP contribution in [0.4, 0.5) is 5.69 Å². The molecule has 0 aliphatic carbocycles. The Morgan fingerprint density at radius 1 is 1.64 bits per heavy atom. The average molecular weight is 151 g/mol. The third-order valence-corrected chi connectivity index (χ3v) is 1.51. The standard InChI is InChI=1S/C8H13N3/c1-10-7-3-5-11-8(6-7)2-4-9/h3,5-6H,2,4,9H2,1H3,(H,10,11). The predicted molar refractivity (Wildman–Crippen MR) is 46.5 cm³/mol. The minimum atomic E-state index is 0.653. The second-order valence-corrected chi connectivity index (χ2v) is 2.32. The van der Waals surface area contributed by atoms with E-state index in [0.717, 1.165) is 17.8 Å². The molecule has 1 aromatic heterocycles. The van der Waals surface area contributed by atoms with Crippen LogP contribution in [0.1, 0.15) is 5.69 Å². The van der Waals surface area contributed by atoms with E-state index < -0.39 is 0 Å². The van der Waals surface area contributed by atoms with E-state index in [4.69, 9.17) is 5.73 Å². The largest absolute Gasteiger partial charge is 0.388 e. The van der Waals surface area contributed by atoms with E-state index in [1.807, 2.05) is 19.2 Å². The Hall–Kier alpha value is -1.09. The lowest BCUT2D eigenvalue weighted by atomic mass is 10.2. The zero-order valence-corrected chi connectivity index (χ0v) is 6.67. The monoisotopic (exact) mass is 151 g/mol. The molecule has 3 nitrogen and oxygen atoms in total. The van der Waals surface area contributed by atoms with Crippen LogP contribution in [0.15, 0.2) is 18.3 Å². The average Bonchev–Trinajstić information content (AvgIpc) is 2.06. The van der Waals surface area contributed by atoms with Gasteiger partial charge in [-0.25, -0.2) is 0 Å². The van der Waals surface area contributed by atoms with E-state index in [-0.39, 0.29) is 0 Å². The van der Waals surface area contributed by atoms with E-state index in [0.29, 0.717) is 6.54 Å². The number of aromatic nitrogens is 1. The number of nitrogens with zero attached hydrogens (tertiary/aromatic N) is 1. The number of nitrogens with two attached hydrogens (primary N) is 1. The van der Waals surface area contributed by atoms with Gasteiger partial charge in [0.25, 0.3) is 0 Å². The fraction of sp³-hybridized carbons (Fsp3) is 0.375. The first-order valence-electron chi connectivity index (χ1n) is 3.69. The minimum absolute atomic E-state index is 0.653. The van der Waals surface area contributed by atoms with Gasteiger partial charge in [0.1, 0.15) is 0 Å². The second-order valence-electron chi connectivity index (χ2n) is 2.32. The summed E-state index contributed by atoms with van der Waals surface area (Å²) in [6, 6.07) is 3.94. The molecule has 0 aliphatic rings. The highest BCUT2D eigenvalue weighted by atomic mass is 14.8. The van der Waals surface area contributed by atoms with Crippen molar-refractivity contribution in [1.29, 1.82) is 0 Å². The molecule has 0 unspecified atom stereocenters. The molecule has 0 saturated carbocycles. The summed E-state index contributed by atoms with van der Waals surface area (Å²) in [7, 11) is 1.89. The molecule has 0 saturated heterocycles. The molecule has 1 rings (SSSR count). The highest BCUT2D eigenvalue weighted by Gasteiger charge is 1.93. The van der Waals surface area contributed by atoms with Crippen LogP contribution in [0.5, 0.6) is 0 Å². The molecule has 11 heavy (non-hydrogen) atoms. The molecule has 60 valence electrons. The van der Waals surface area contributed by atoms with Gasteiger partial charge in [-0.15, -0.1) is 0 Å². The van der Waals surface area contributed by atoms with Crippen LogP contribution in [-0.2, 0) is 6.42 Å². The van der Waals surface area contributed by atoms with Crippen LogP contribution in [0.25, 0.3) is 0 Å². The summed E-state index contributed by atoms with van der Waals surface area (Å²) in [5, 5.41) is 3.04. The molecule has 0 amide bonds. The lowest BCUT2D eigenvalue weighted by molar-refractivity contribution is 0.923. The third-order valence-electron chi connectivity index (χ3n) is 1.51. The van der Waals surface area contributed by atoms with Crippen molar-refractivity contribution in [1.82, 2.24) is 4.98 Å². The zero-order chi connectivity index (χ0) is 8.10. The zero-order valence-electron chi connectivity index (χ0n) is 6.67. The van der Waals surface area contributed by atoms with Gasteiger partial charge in [0.05, 0.1) is 0 Å². The molecule has 3 heteroatoms. The van der Waals surface area contributed by atoms with Crippen LogP contribution in [0.2, 0.25) is 0 Å². The first kappa shape index (κ1) is 8.01. The summed E-state index contributed by atoms with van der Waals surface area (Å²) in [5.41, 5.74) is 7.52. The summed E-state index contributed by atoms with van der Waals surface area (Å²) in [6.07, 6.45) is 2.63. The number of hydrogen-bond donors (Lipinski definition) is 2. The molecule has 0 fully saturated rings. The van der Waals surface area contributed by atoms with Gasteiger partial charge in [-0.1, -0.05) is 0 Å². The van der Waals surface area contributed by atoms with Gasteiger partial charge in [-0.2, -0.15) is 0 Å². The van der Waals surface area contributed by atoms with E-state index in [2.05, 4.69) is 10.3 Å². The van der Waals surface area contributed by atoms with Crippen molar-refractivity contribution in [3.05, 3.63) is 24.0 Å². The molecular formula is C8H13N3. The molecule has 0 aliphatic heterocycles. The van der Waals surface area contributed by atoms with Gasteiger partial charge in [0.15, 0.2) is 0 Å². The first-order chi connectivity index (χ1) is 5.36.